The fourth-order valence-electron chi connectivity index (χ4n) is 3.26. The maximum atomic E-state index is 13.0. The molecule has 1 aromatic heterocycles. The predicted molar refractivity (Wildman–Crippen MR) is 99.0 cm³/mol. The van der Waals surface area contributed by atoms with Crippen molar-refractivity contribution in [2.45, 2.75) is 24.9 Å². The van der Waals surface area contributed by atoms with Gasteiger partial charge in [-0.3, -0.25) is 9.59 Å². The summed E-state index contributed by atoms with van der Waals surface area (Å²) in [7, 11) is 1.60. The van der Waals surface area contributed by atoms with E-state index in [0.717, 1.165) is 18.5 Å². The lowest BCUT2D eigenvalue weighted by molar-refractivity contribution is -0.126. The number of nitrogens with one attached hydrogen (secondary N) is 2. The van der Waals surface area contributed by atoms with E-state index in [0.29, 0.717) is 30.9 Å². The normalized spacial score (nSPS) is 19.6. The molecule has 8 heteroatoms. The second-order valence-corrected chi connectivity index (χ2v) is 6.85. The highest BCUT2D eigenvalue weighted by Gasteiger charge is 2.35. The molecule has 2 aliphatic rings. The Kier molecular flexibility index (Phi) is 4.81. The molecular formula is C19H23N5O3. The molecule has 142 valence electrons. The van der Waals surface area contributed by atoms with Crippen LogP contribution in [0.2, 0.25) is 0 Å². The number of methoxy groups -OCH3 is 1. The van der Waals surface area contributed by atoms with Crippen LogP contribution >= 0.6 is 0 Å². The molecule has 8 nitrogen and oxygen atoms in total. The molecule has 1 aliphatic carbocycles. The molecule has 0 radical (unpaired) electrons. The number of carbonyl (C=O) groups excluding carboxylic acids is 2. The first kappa shape index (κ1) is 17.5. The zero-order chi connectivity index (χ0) is 18.8. The molecule has 1 saturated carbocycles. The van der Waals surface area contributed by atoms with Crippen LogP contribution in [0.15, 0.2) is 36.7 Å². The van der Waals surface area contributed by atoms with Crippen LogP contribution in [-0.4, -0.2) is 65.3 Å². The molecule has 1 aromatic carbocycles. The fraction of sp³-hybridized carbons (Fsp3) is 0.421. The van der Waals surface area contributed by atoms with E-state index >= 15 is 0 Å². The smallest absolute Gasteiger partial charge is 0.257 e. The molecule has 1 aliphatic heterocycles. The van der Waals surface area contributed by atoms with E-state index in [4.69, 9.17) is 4.74 Å². The van der Waals surface area contributed by atoms with Gasteiger partial charge in [0, 0.05) is 31.9 Å². The molecule has 2 amide bonds. The van der Waals surface area contributed by atoms with Gasteiger partial charge in [-0.25, -0.2) is 4.68 Å². The maximum absolute atomic E-state index is 13.0. The van der Waals surface area contributed by atoms with Gasteiger partial charge in [-0.1, -0.05) is 12.1 Å². The van der Waals surface area contributed by atoms with Gasteiger partial charge in [0.05, 0.1) is 18.9 Å². The summed E-state index contributed by atoms with van der Waals surface area (Å²) in [5.74, 6) is 0.396. The van der Waals surface area contributed by atoms with E-state index in [2.05, 4.69) is 15.7 Å². The summed E-state index contributed by atoms with van der Waals surface area (Å²) < 4.78 is 6.98. The Hall–Kier alpha value is -2.87. The highest BCUT2D eigenvalue weighted by Crippen LogP contribution is 2.23. The summed E-state index contributed by atoms with van der Waals surface area (Å²) in [6.07, 6.45) is 5.25. The molecule has 2 fully saturated rings. The number of hydrogen-bond donors (Lipinski definition) is 2. The quantitative estimate of drug-likeness (QED) is 0.805. The molecule has 1 saturated heterocycles. The van der Waals surface area contributed by atoms with Crippen molar-refractivity contribution in [3.8, 4) is 11.4 Å². The minimum absolute atomic E-state index is 0.0878. The van der Waals surface area contributed by atoms with E-state index in [1.165, 1.54) is 6.20 Å². The Morgan fingerprint density at radius 1 is 1.30 bits per heavy atom. The molecule has 27 heavy (non-hydrogen) atoms. The van der Waals surface area contributed by atoms with Crippen LogP contribution in [0.3, 0.4) is 0 Å². The Morgan fingerprint density at radius 2 is 2.11 bits per heavy atom. The largest absolute Gasteiger partial charge is 0.494 e. The predicted octanol–water partition coefficient (Wildman–Crippen LogP) is 0.574. The van der Waals surface area contributed by atoms with Crippen LogP contribution in [0.4, 0.5) is 0 Å². The van der Waals surface area contributed by atoms with Crippen molar-refractivity contribution in [1.82, 2.24) is 25.3 Å². The number of hydrogen-bond acceptors (Lipinski definition) is 5. The Balaban J connectivity index is 1.54. The van der Waals surface area contributed by atoms with Gasteiger partial charge in [0.2, 0.25) is 5.91 Å². The molecule has 0 unspecified atom stereocenters. The van der Waals surface area contributed by atoms with Crippen LogP contribution in [0.1, 0.15) is 23.2 Å². The van der Waals surface area contributed by atoms with Gasteiger partial charge in [-0.15, -0.1) is 0 Å². The number of amides is 2. The number of carbonyl (C=O) groups is 2. The van der Waals surface area contributed by atoms with Gasteiger partial charge in [-0.2, -0.15) is 5.10 Å². The SMILES string of the molecule is COc1ccccc1-n1cc(C(=O)N2CCNC[C@H]2C(=O)NC2CC2)cn1. The third-order valence-corrected chi connectivity index (χ3v) is 4.89. The van der Waals surface area contributed by atoms with Crippen molar-refractivity contribution >= 4 is 11.8 Å². The van der Waals surface area contributed by atoms with Gasteiger partial charge < -0.3 is 20.3 Å². The average molecular weight is 369 g/mol. The maximum Gasteiger partial charge on any atom is 0.257 e. The van der Waals surface area contributed by atoms with Gasteiger partial charge in [-0.05, 0) is 25.0 Å². The Morgan fingerprint density at radius 3 is 2.89 bits per heavy atom. The van der Waals surface area contributed by atoms with E-state index in [9.17, 15) is 9.59 Å². The number of nitrogens with zero attached hydrogens (tertiary/aromatic N) is 3. The zero-order valence-corrected chi connectivity index (χ0v) is 15.2. The first-order valence-corrected chi connectivity index (χ1v) is 9.17. The van der Waals surface area contributed by atoms with Gasteiger partial charge >= 0.3 is 0 Å². The molecule has 4 rings (SSSR count). The number of rotatable bonds is 5. The van der Waals surface area contributed by atoms with Crippen molar-refractivity contribution < 1.29 is 14.3 Å². The van der Waals surface area contributed by atoms with Gasteiger partial charge in [0.25, 0.3) is 5.91 Å². The lowest BCUT2D eigenvalue weighted by Crippen LogP contribution is -2.59. The Labute approximate surface area is 157 Å². The third-order valence-electron chi connectivity index (χ3n) is 4.89. The molecule has 1 atom stereocenters. The second-order valence-electron chi connectivity index (χ2n) is 6.85. The lowest BCUT2D eigenvalue weighted by Gasteiger charge is -2.35. The van der Waals surface area contributed by atoms with Crippen LogP contribution in [-0.2, 0) is 4.79 Å². The van der Waals surface area contributed by atoms with Crippen LogP contribution in [0, 0.1) is 0 Å². The van der Waals surface area contributed by atoms with Crippen LogP contribution < -0.4 is 15.4 Å². The number of para-hydroxylation sites is 2. The van der Waals surface area contributed by atoms with E-state index in [1.54, 1.807) is 22.9 Å². The lowest BCUT2D eigenvalue weighted by atomic mass is 10.1. The van der Waals surface area contributed by atoms with Gasteiger partial charge in [0.1, 0.15) is 17.5 Å². The summed E-state index contributed by atoms with van der Waals surface area (Å²) in [5, 5.41) is 10.5. The average Bonchev–Trinajstić information content (AvgIpc) is 3.39. The van der Waals surface area contributed by atoms with Crippen molar-refractivity contribution in [2.24, 2.45) is 0 Å². The summed E-state index contributed by atoms with van der Waals surface area (Å²) in [6.45, 7) is 1.62. The number of piperazine rings is 1. The summed E-state index contributed by atoms with van der Waals surface area (Å²) in [4.78, 5) is 27.2. The summed E-state index contributed by atoms with van der Waals surface area (Å²) >= 11 is 0. The highest BCUT2D eigenvalue weighted by atomic mass is 16.5. The first-order chi connectivity index (χ1) is 13.2. The minimum Gasteiger partial charge on any atom is -0.494 e. The number of benzene rings is 1. The standard InChI is InChI=1S/C19H23N5O3/c1-27-17-5-3-2-4-15(17)24-12-13(10-21-24)19(26)23-9-8-20-11-16(23)18(25)22-14-6-7-14/h2-5,10,12,14,16,20H,6-9,11H2,1H3,(H,22,25)/t16-/m0/s1. The van der Waals surface area contributed by atoms with Crippen LogP contribution in [0.5, 0.6) is 5.75 Å². The highest BCUT2D eigenvalue weighted by molar-refractivity contribution is 5.97. The molecule has 0 bridgehead atoms. The monoisotopic (exact) mass is 369 g/mol. The van der Waals surface area contributed by atoms with Crippen molar-refractivity contribution in [3.63, 3.8) is 0 Å². The molecule has 0 spiro atoms. The second kappa shape index (κ2) is 7.40. The third kappa shape index (κ3) is 3.66. The van der Waals surface area contributed by atoms with Gasteiger partial charge in [0.15, 0.2) is 0 Å². The number of ether oxygens (including phenoxy) is 1. The van der Waals surface area contributed by atoms with Crippen molar-refractivity contribution in [1.29, 1.82) is 0 Å². The topological polar surface area (TPSA) is 88.5 Å². The number of aromatic nitrogens is 2. The van der Waals surface area contributed by atoms with E-state index in [1.807, 2.05) is 24.3 Å². The van der Waals surface area contributed by atoms with Crippen molar-refractivity contribution in [3.05, 3.63) is 42.2 Å². The molecule has 2 N–H and O–H groups in total. The fourth-order valence-corrected chi connectivity index (χ4v) is 3.26. The molecule has 2 heterocycles. The summed E-state index contributed by atoms with van der Waals surface area (Å²) in [5.41, 5.74) is 1.20. The summed E-state index contributed by atoms with van der Waals surface area (Å²) in [6, 6.07) is 7.24. The van der Waals surface area contributed by atoms with Crippen molar-refractivity contribution in [2.75, 3.05) is 26.7 Å². The van der Waals surface area contributed by atoms with E-state index < -0.39 is 6.04 Å². The Bertz CT molecular complexity index is 845. The zero-order valence-electron chi connectivity index (χ0n) is 15.2. The minimum atomic E-state index is -0.499. The molecule has 2 aromatic rings. The first-order valence-electron chi connectivity index (χ1n) is 9.17. The van der Waals surface area contributed by atoms with Crippen LogP contribution in [0.25, 0.3) is 5.69 Å². The molecular weight excluding hydrogens is 346 g/mol. The van der Waals surface area contributed by atoms with E-state index in [-0.39, 0.29) is 17.9 Å².